The molecule has 25 heavy (non-hydrogen) atoms. The van der Waals surface area contributed by atoms with Crippen LogP contribution >= 0.6 is 0 Å². The highest BCUT2D eigenvalue weighted by molar-refractivity contribution is 5.95. The fourth-order valence-electron chi connectivity index (χ4n) is 3.19. The summed E-state index contributed by atoms with van der Waals surface area (Å²) in [5, 5.41) is 3.33. The van der Waals surface area contributed by atoms with Crippen molar-refractivity contribution in [1.29, 1.82) is 0 Å². The molecule has 0 bridgehead atoms. The van der Waals surface area contributed by atoms with Crippen LogP contribution in [0.25, 0.3) is 0 Å². The third-order valence-corrected chi connectivity index (χ3v) is 4.60. The quantitative estimate of drug-likeness (QED) is 0.922. The minimum Gasteiger partial charge on any atom is -0.378 e. The van der Waals surface area contributed by atoms with Gasteiger partial charge in [0.2, 0.25) is 0 Å². The van der Waals surface area contributed by atoms with Gasteiger partial charge in [0.15, 0.2) is 0 Å². The van der Waals surface area contributed by atoms with Gasteiger partial charge in [-0.1, -0.05) is 6.92 Å². The number of anilines is 3. The molecule has 2 heterocycles. The molecule has 1 unspecified atom stereocenters. The lowest BCUT2D eigenvalue weighted by Gasteiger charge is -2.31. The van der Waals surface area contributed by atoms with Gasteiger partial charge < -0.3 is 15.1 Å². The Morgan fingerprint density at radius 3 is 2.64 bits per heavy atom. The second kappa shape index (κ2) is 7.55. The highest BCUT2D eigenvalue weighted by atomic mass is 16.2. The second-order valence-corrected chi connectivity index (χ2v) is 7.03. The first-order chi connectivity index (χ1) is 12.0. The van der Waals surface area contributed by atoms with E-state index in [9.17, 15) is 4.79 Å². The Morgan fingerprint density at radius 1 is 1.20 bits per heavy atom. The summed E-state index contributed by atoms with van der Waals surface area (Å²) in [4.78, 5) is 21.0. The van der Waals surface area contributed by atoms with Gasteiger partial charge in [-0.15, -0.1) is 0 Å². The van der Waals surface area contributed by atoms with Gasteiger partial charge in [-0.3, -0.25) is 9.78 Å². The molecule has 5 nitrogen and oxygen atoms in total. The van der Waals surface area contributed by atoms with Crippen LogP contribution in [-0.4, -0.2) is 43.0 Å². The van der Waals surface area contributed by atoms with Gasteiger partial charge in [0.1, 0.15) is 0 Å². The first-order valence-electron chi connectivity index (χ1n) is 8.81. The van der Waals surface area contributed by atoms with Crippen molar-refractivity contribution < 1.29 is 4.79 Å². The van der Waals surface area contributed by atoms with Crippen molar-refractivity contribution >= 4 is 23.0 Å². The van der Waals surface area contributed by atoms with E-state index >= 15 is 0 Å². The van der Waals surface area contributed by atoms with Crippen LogP contribution in [0.15, 0.2) is 42.7 Å². The molecule has 1 aliphatic heterocycles. The third-order valence-electron chi connectivity index (χ3n) is 4.60. The number of piperidine rings is 1. The van der Waals surface area contributed by atoms with Crippen LogP contribution in [0.4, 0.5) is 17.1 Å². The average molecular weight is 338 g/mol. The van der Waals surface area contributed by atoms with Crippen molar-refractivity contribution in [2.24, 2.45) is 5.92 Å². The number of likely N-dealkylation sites (tertiary alicyclic amines) is 1. The second-order valence-electron chi connectivity index (χ2n) is 7.03. The Bertz CT molecular complexity index is 727. The van der Waals surface area contributed by atoms with Gasteiger partial charge in [0.25, 0.3) is 5.91 Å². The molecule has 5 heteroatoms. The van der Waals surface area contributed by atoms with Crippen LogP contribution in [0.3, 0.4) is 0 Å². The summed E-state index contributed by atoms with van der Waals surface area (Å²) in [6.45, 7) is 3.88. The van der Waals surface area contributed by atoms with Crippen LogP contribution in [-0.2, 0) is 0 Å². The third kappa shape index (κ3) is 4.29. The van der Waals surface area contributed by atoms with E-state index in [4.69, 9.17) is 0 Å². The fraction of sp³-hybridized carbons (Fsp3) is 0.400. The molecule has 1 atom stereocenters. The molecule has 0 spiro atoms. The summed E-state index contributed by atoms with van der Waals surface area (Å²) >= 11 is 0. The van der Waals surface area contributed by atoms with Crippen LogP contribution in [0.1, 0.15) is 30.1 Å². The Morgan fingerprint density at radius 2 is 1.96 bits per heavy atom. The summed E-state index contributed by atoms with van der Waals surface area (Å²) < 4.78 is 0. The van der Waals surface area contributed by atoms with E-state index in [1.807, 2.05) is 37.2 Å². The van der Waals surface area contributed by atoms with Gasteiger partial charge in [0.05, 0.1) is 17.4 Å². The lowest BCUT2D eigenvalue weighted by molar-refractivity contribution is 0.0682. The van der Waals surface area contributed by atoms with E-state index in [0.29, 0.717) is 11.5 Å². The largest absolute Gasteiger partial charge is 0.378 e. The minimum atomic E-state index is 0.0747. The molecule has 0 saturated carbocycles. The molecule has 0 aliphatic carbocycles. The normalized spacial score (nSPS) is 17.2. The van der Waals surface area contributed by atoms with Gasteiger partial charge >= 0.3 is 0 Å². The van der Waals surface area contributed by atoms with Crippen molar-refractivity contribution in [2.75, 3.05) is 37.4 Å². The summed E-state index contributed by atoms with van der Waals surface area (Å²) in [7, 11) is 4.03. The van der Waals surface area contributed by atoms with Crippen LogP contribution < -0.4 is 10.2 Å². The van der Waals surface area contributed by atoms with Gasteiger partial charge in [-0.2, -0.15) is 0 Å². The Labute approximate surface area is 149 Å². The van der Waals surface area contributed by atoms with Crippen LogP contribution in [0.5, 0.6) is 0 Å². The molecule has 1 aliphatic rings. The van der Waals surface area contributed by atoms with E-state index in [-0.39, 0.29) is 5.91 Å². The predicted molar refractivity (Wildman–Crippen MR) is 103 cm³/mol. The minimum absolute atomic E-state index is 0.0747. The molecule has 2 aromatic rings. The molecule has 1 saturated heterocycles. The van der Waals surface area contributed by atoms with E-state index in [1.54, 1.807) is 12.4 Å². The summed E-state index contributed by atoms with van der Waals surface area (Å²) in [5.41, 5.74) is 3.59. The number of hydrogen-bond acceptors (Lipinski definition) is 4. The number of nitrogens with one attached hydrogen (secondary N) is 1. The Hall–Kier alpha value is -2.56. The molecule has 1 amide bonds. The summed E-state index contributed by atoms with van der Waals surface area (Å²) in [6.07, 6.45) is 5.68. The molecule has 1 fully saturated rings. The number of carbonyl (C=O) groups is 1. The smallest absolute Gasteiger partial charge is 0.255 e. The zero-order chi connectivity index (χ0) is 17.8. The maximum Gasteiger partial charge on any atom is 0.255 e. The zero-order valence-electron chi connectivity index (χ0n) is 15.2. The number of pyridine rings is 1. The molecule has 3 rings (SSSR count). The van der Waals surface area contributed by atoms with Gasteiger partial charge in [-0.05, 0) is 49.1 Å². The topological polar surface area (TPSA) is 48.5 Å². The first-order valence-corrected chi connectivity index (χ1v) is 8.81. The van der Waals surface area contributed by atoms with Crippen molar-refractivity contribution in [2.45, 2.75) is 19.8 Å². The molecule has 0 radical (unpaired) electrons. The molecule has 1 aromatic carbocycles. The Kier molecular flexibility index (Phi) is 5.22. The van der Waals surface area contributed by atoms with Gasteiger partial charge in [0, 0.05) is 44.8 Å². The van der Waals surface area contributed by atoms with E-state index in [0.717, 1.165) is 36.6 Å². The SMILES string of the molecule is CC1CCCN(C(=O)c2cncc(Nc3ccc(N(C)C)cc3)c2)C1. The van der Waals surface area contributed by atoms with Crippen molar-refractivity contribution in [1.82, 2.24) is 9.88 Å². The number of benzene rings is 1. The molecule has 1 aromatic heterocycles. The number of nitrogens with zero attached hydrogens (tertiary/aromatic N) is 3. The number of hydrogen-bond donors (Lipinski definition) is 1. The number of amides is 1. The highest BCUT2D eigenvalue weighted by Gasteiger charge is 2.22. The van der Waals surface area contributed by atoms with Crippen LogP contribution in [0.2, 0.25) is 0 Å². The predicted octanol–water partition coefficient (Wildman–Crippen LogP) is 3.76. The van der Waals surface area contributed by atoms with Crippen molar-refractivity contribution in [3.8, 4) is 0 Å². The molecular formula is C20H26N4O. The number of carbonyl (C=O) groups excluding carboxylic acids is 1. The van der Waals surface area contributed by atoms with E-state index in [1.165, 1.54) is 6.42 Å². The maximum atomic E-state index is 12.7. The van der Waals surface area contributed by atoms with E-state index < -0.39 is 0 Å². The first kappa shape index (κ1) is 17.3. The summed E-state index contributed by atoms with van der Waals surface area (Å²) in [5.74, 6) is 0.646. The standard InChI is InChI=1S/C20H26N4O/c1-15-5-4-10-24(14-15)20(25)16-11-18(13-21-12-16)22-17-6-8-19(9-7-17)23(2)3/h6-9,11-13,15,22H,4-5,10,14H2,1-3H3. The zero-order valence-corrected chi connectivity index (χ0v) is 15.2. The monoisotopic (exact) mass is 338 g/mol. The van der Waals surface area contributed by atoms with Crippen molar-refractivity contribution in [3.05, 3.63) is 48.3 Å². The van der Waals surface area contributed by atoms with E-state index in [2.05, 4.69) is 34.3 Å². The lowest BCUT2D eigenvalue weighted by atomic mass is 10.00. The highest BCUT2D eigenvalue weighted by Crippen LogP contribution is 2.22. The molecule has 132 valence electrons. The average Bonchev–Trinajstić information content (AvgIpc) is 2.62. The number of rotatable bonds is 4. The summed E-state index contributed by atoms with van der Waals surface area (Å²) in [6, 6.07) is 10.0. The number of aromatic nitrogens is 1. The van der Waals surface area contributed by atoms with Crippen molar-refractivity contribution in [3.63, 3.8) is 0 Å². The fourth-order valence-corrected chi connectivity index (χ4v) is 3.19. The maximum absolute atomic E-state index is 12.7. The van der Waals surface area contributed by atoms with Gasteiger partial charge in [-0.25, -0.2) is 0 Å². The Balaban J connectivity index is 1.71. The van der Waals surface area contributed by atoms with Crippen LogP contribution in [0, 0.1) is 5.92 Å². The molecular weight excluding hydrogens is 312 g/mol. The molecule has 1 N–H and O–H groups in total. The lowest BCUT2D eigenvalue weighted by Crippen LogP contribution is -2.39.